The predicted molar refractivity (Wildman–Crippen MR) is 77.9 cm³/mol. The maximum absolute atomic E-state index is 11.6. The zero-order chi connectivity index (χ0) is 15.2. The van der Waals surface area contributed by atoms with Gasteiger partial charge in [0.2, 0.25) is 0 Å². The van der Waals surface area contributed by atoms with Crippen molar-refractivity contribution in [3.8, 4) is 5.75 Å². The van der Waals surface area contributed by atoms with E-state index in [0.29, 0.717) is 18.9 Å². The van der Waals surface area contributed by atoms with Crippen molar-refractivity contribution in [2.75, 3.05) is 20.3 Å². The molecule has 2 atom stereocenters. The zero-order valence-electron chi connectivity index (χ0n) is 12.4. The highest BCUT2D eigenvalue weighted by molar-refractivity contribution is 5.82. The summed E-state index contributed by atoms with van der Waals surface area (Å²) in [6.07, 6.45) is 1.54. The van der Waals surface area contributed by atoms with Crippen LogP contribution in [0.2, 0.25) is 0 Å². The molecule has 5 nitrogen and oxygen atoms in total. The van der Waals surface area contributed by atoms with Gasteiger partial charge in [0.15, 0.2) is 6.61 Å². The normalized spacial score (nSPS) is 19.7. The second-order valence-electron chi connectivity index (χ2n) is 5.34. The Morgan fingerprint density at radius 3 is 2.71 bits per heavy atom. The molecule has 0 spiro atoms. The summed E-state index contributed by atoms with van der Waals surface area (Å²) in [6, 6.07) is 7.67. The molecule has 0 bridgehead atoms. The SMILES string of the molecule is COc1ccccc1CCNC(=O)COC(=O)[C@H]1C[C@@H]1C. The van der Waals surface area contributed by atoms with Crippen LogP contribution in [0, 0.1) is 11.8 Å². The lowest BCUT2D eigenvalue weighted by molar-refractivity contribution is -0.150. The Hall–Kier alpha value is -2.04. The van der Waals surface area contributed by atoms with E-state index >= 15 is 0 Å². The van der Waals surface area contributed by atoms with Crippen molar-refractivity contribution in [1.82, 2.24) is 5.32 Å². The summed E-state index contributed by atoms with van der Waals surface area (Å²) in [6.45, 7) is 2.28. The van der Waals surface area contributed by atoms with E-state index in [9.17, 15) is 9.59 Å². The Labute approximate surface area is 124 Å². The third-order valence-corrected chi connectivity index (χ3v) is 3.67. The number of amides is 1. The monoisotopic (exact) mass is 291 g/mol. The first-order valence-electron chi connectivity index (χ1n) is 7.17. The third kappa shape index (κ3) is 4.48. The highest BCUT2D eigenvalue weighted by Crippen LogP contribution is 2.38. The molecular weight excluding hydrogens is 270 g/mol. The van der Waals surface area contributed by atoms with E-state index in [4.69, 9.17) is 9.47 Å². The fourth-order valence-electron chi connectivity index (χ4n) is 2.19. The molecule has 114 valence electrons. The van der Waals surface area contributed by atoms with Gasteiger partial charge in [-0.2, -0.15) is 0 Å². The molecule has 21 heavy (non-hydrogen) atoms. The number of benzene rings is 1. The molecule has 0 radical (unpaired) electrons. The number of ether oxygens (including phenoxy) is 2. The minimum Gasteiger partial charge on any atom is -0.496 e. The Balaban J connectivity index is 1.66. The Kier molecular flexibility index (Phi) is 5.20. The highest BCUT2D eigenvalue weighted by atomic mass is 16.5. The van der Waals surface area contributed by atoms with Crippen molar-refractivity contribution in [2.45, 2.75) is 19.8 Å². The van der Waals surface area contributed by atoms with Gasteiger partial charge in [0.25, 0.3) is 5.91 Å². The summed E-state index contributed by atoms with van der Waals surface area (Å²) < 4.78 is 10.2. The molecule has 0 heterocycles. The van der Waals surface area contributed by atoms with E-state index in [1.807, 2.05) is 31.2 Å². The molecule has 1 aliphatic carbocycles. The molecule has 1 N–H and O–H groups in total. The van der Waals surface area contributed by atoms with Crippen LogP contribution in [0.5, 0.6) is 5.75 Å². The number of para-hydroxylation sites is 1. The summed E-state index contributed by atoms with van der Waals surface area (Å²) in [5.74, 6) is 0.660. The number of carbonyl (C=O) groups excluding carboxylic acids is 2. The lowest BCUT2D eigenvalue weighted by atomic mass is 10.1. The fraction of sp³-hybridized carbons (Fsp3) is 0.500. The van der Waals surface area contributed by atoms with Crippen LogP contribution in [0.1, 0.15) is 18.9 Å². The van der Waals surface area contributed by atoms with Crippen LogP contribution < -0.4 is 10.1 Å². The first-order valence-corrected chi connectivity index (χ1v) is 7.17. The van der Waals surface area contributed by atoms with Crippen molar-refractivity contribution in [2.24, 2.45) is 11.8 Å². The molecule has 5 heteroatoms. The van der Waals surface area contributed by atoms with E-state index in [1.54, 1.807) is 7.11 Å². The van der Waals surface area contributed by atoms with Gasteiger partial charge in [-0.15, -0.1) is 0 Å². The number of nitrogens with one attached hydrogen (secondary N) is 1. The minimum absolute atomic E-state index is 0.00798. The zero-order valence-corrected chi connectivity index (χ0v) is 12.4. The maximum atomic E-state index is 11.6. The summed E-state index contributed by atoms with van der Waals surface area (Å²) in [7, 11) is 1.62. The molecular formula is C16H21NO4. The molecule has 1 fully saturated rings. The van der Waals surface area contributed by atoms with Gasteiger partial charge in [0, 0.05) is 6.54 Å². The van der Waals surface area contributed by atoms with Crippen LogP contribution in [-0.2, 0) is 20.7 Å². The molecule has 0 aliphatic heterocycles. The molecule has 1 aliphatic rings. The van der Waals surface area contributed by atoms with Crippen LogP contribution in [0.3, 0.4) is 0 Å². The van der Waals surface area contributed by atoms with Gasteiger partial charge in [-0.25, -0.2) is 0 Å². The number of methoxy groups -OCH3 is 1. The van der Waals surface area contributed by atoms with Crippen molar-refractivity contribution in [3.05, 3.63) is 29.8 Å². The third-order valence-electron chi connectivity index (χ3n) is 3.67. The average molecular weight is 291 g/mol. The second kappa shape index (κ2) is 7.11. The summed E-state index contributed by atoms with van der Waals surface area (Å²) >= 11 is 0. The van der Waals surface area contributed by atoms with E-state index < -0.39 is 0 Å². The molecule has 1 saturated carbocycles. The summed E-state index contributed by atoms with van der Waals surface area (Å²) in [4.78, 5) is 23.1. The number of esters is 1. The quantitative estimate of drug-likeness (QED) is 0.774. The lowest BCUT2D eigenvalue weighted by Crippen LogP contribution is -2.30. The largest absolute Gasteiger partial charge is 0.496 e. The summed E-state index contributed by atoms with van der Waals surface area (Å²) in [5, 5.41) is 2.74. The van der Waals surface area contributed by atoms with Crippen LogP contribution in [0.4, 0.5) is 0 Å². The molecule has 2 rings (SSSR count). The first-order chi connectivity index (χ1) is 10.1. The van der Waals surface area contributed by atoms with Crippen LogP contribution in [0.15, 0.2) is 24.3 Å². The van der Waals surface area contributed by atoms with Crippen LogP contribution in [-0.4, -0.2) is 32.1 Å². The highest BCUT2D eigenvalue weighted by Gasteiger charge is 2.40. The molecule has 1 aromatic carbocycles. The number of carbonyl (C=O) groups is 2. The fourth-order valence-corrected chi connectivity index (χ4v) is 2.19. The van der Waals surface area contributed by atoms with Crippen molar-refractivity contribution in [3.63, 3.8) is 0 Å². The van der Waals surface area contributed by atoms with E-state index in [2.05, 4.69) is 5.32 Å². The van der Waals surface area contributed by atoms with Gasteiger partial charge >= 0.3 is 5.97 Å². The minimum atomic E-state index is -0.272. The average Bonchev–Trinajstić information content (AvgIpc) is 3.22. The van der Waals surface area contributed by atoms with Crippen molar-refractivity contribution in [1.29, 1.82) is 0 Å². The molecule has 0 saturated heterocycles. The van der Waals surface area contributed by atoms with Crippen molar-refractivity contribution >= 4 is 11.9 Å². The summed E-state index contributed by atoms with van der Waals surface area (Å²) in [5.41, 5.74) is 1.03. The number of hydrogen-bond acceptors (Lipinski definition) is 4. The van der Waals surface area contributed by atoms with Gasteiger partial charge in [0.1, 0.15) is 5.75 Å². The topological polar surface area (TPSA) is 64.6 Å². The van der Waals surface area contributed by atoms with Gasteiger partial charge < -0.3 is 14.8 Å². The molecule has 0 unspecified atom stereocenters. The van der Waals surface area contributed by atoms with Gasteiger partial charge in [-0.3, -0.25) is 9.59 Å². The van der Waals surface area contributed by atoms with Crippen molar-refractivity contribution < 1.29 is 19.1 Å². The Morgan fingerprint density at radius 2 is 2.05 bits per heavy atom. The first kappa shape index (κ1) is 15.4. The Bertz CT molecular complexity index is 515. The van der Waals surface area contributed by atoms with Gasteiger partial charge in [0.05, 0.1) is 13.0 Å². The molecule has 0 aromatic heterocycles. The van der Waals surface area contributed by atoms with E-state index in [-0.39, 0.29) is 24.4 Å². The number of hydrogen-bond donors (Lipinski definition) is 1. The van der Waals surface area contributed by atoms with Crippen LogP contribution in [0.25, 0.3) is 0 Å². The van der Waals surface area contributed by atoms with E-state index in [0.717, 1.165) is 17.7 Å². The molecule has 1 amide bonds. The van der Waals surface area contributed by atoms with Crippen LogP contribution >= 0.6 is 0 Å². The number of rotatable bonds is 7. The standard InChI is InChI=1S/C16H21NO4/c1-11-9-13(11)16(19)21-10-15(18)17-8-7-12-5-3-4-6-14(12)20-2/h3-6,11,13H,7-10H2,1-2H3,(H,17,18)/t11-,13-/m0/s1. The second-order valence-corrected chi connectivity index (χ2v) is 5.34. The smallest absolute Gasteiger partial charge is 0.309 e. The Morgan fingerprint density at radius 1 is 1.33 bits per heavy atom. The van der Waals surface area contributed by atoms with E-state index in [1.165, 1.54) is 0 Å². The predicted octanol–water partition coefficient (Wildman–Crippen LogP) is 1.55. The van der Waals surface area contributed by atoms with Gasteiger partial charge in [-0.05, 0) is 30.4 Å². The molecule has 1 aromatic rings. The lowest BCUT2D eigenvalue weighted by Gasteiger charge is -2.09. The maximum Gasteiger partial charge on any atom is 0.309 e. The van der Waals surface area contributed by atoms with Gasteiger partial charge in [-0.1, -0.05) is 25.1 Å².